The minimum absolute atomic E-state index is 0.118. The number of hydrogen-bond donors (Lipinski definition) is 0. The number of benzene rings is 1. The largest absolute Gasteiger partial charge is 0.455 e. The summed E-state index contributed by atoms with van der Waals surface area (Å²) in [6.07, 6.45) is 1.71. The Morgan fingerprint density at radius 1 is 0.966 bits per heavy atom. The molecule has 3 aliphatic rings. The molecule has 4 rings (SSSR count). The van der Waals surface area contributed by atoms with Crippen LogP contribution in [0.3, 0.4) is 0 Å². The molecule has 2 heterocycles. The first-order chi connectivity index (χ1) is 13.6. The van der Waals surface area contributed by atoms with Gasteiger partial charge in [-0.1, -0.05) is 36.4 Å². The van der Waals surface area contributed by atoms with Gasteiger partial charge in [-0.2, -0.15) is 0 Å². The molecule has 1 aromatic rings. The molecule has 0 radical (unpaired) electrons. The molecule has 2 aliphatic heterocycles. The smallest absolute Gasteiger partial charge is 0.303 e. The molecular weight excluding hydrogens is 372 g/mol. The Hall–Kier alpha value is -1.73. The third-order valence-corrected chi connectivity index (χ3v) is 5.53. The molecule has 2 saturated heterocycles. The van der Waals surface area contributed by atoms with Crippen LogP contribution in [-0.2, 0) is 28.5 Å². The number of hydrogen-bond acceptors (Lipinski definition) is 6. The average molecular weight is 402 g/mol. The molecule has 0 unspecified atom stereocenters. The SMILES string of the molecule is CC(=O)O[C@H]1/C(=C\c2ccccc2)CC[C@H]2OC(C)(C)O[C@H]2[C@@H]2OC(C)(C)O[C@H]21. The van der Waals surface area contributed by atoms with Crippen molar-refractivity contribution in [2.45, 2.75) is 89.6 Å². The maximum atomic E-state index is 12.0. The summed E-state index contributed by atoms with van der Waals surface area (Å²) < 4.78 is 30.7. The first-order valence-electron chi connectivity index (χ1n) is 10.3. The zero-order chi connectivity index (χ0) is 20.8. The second-order valence-corrected chi connectivity index (χ2v) is 8.90. The Bertz CT molecular complexity index is 784. The van der Waals surface area contributed by atoms with Gasteiger partial charge in [0.2, 0.25) is 0 Å². The van der Waals surface area contributed by atoms with Gasteiger partial charge in [-0.15, -0.1) is 0 Å². The molecule has 1 saturated carbocycles. The fourth-order valence-electron chi connectivity index (χ4n) is 4.57. The fourth-order valence-corrected chi connectivity index (χ4v) is 4.57. The number of carbonyl (C=O) groups is 1. The van der Waals surface area contributed by atoms with Gasteiger partial charge in [0.25, 0.3) is 0 Å². The van der Waals surface area contributed by atoms with E-state index in [0.717, 1.165) is 17.6 Å². The summed E-state index contributed by atoms with van der Waals surface area (Å²) in [5, 5.41) is 0. The highest BCUT2D eigenvalue weighted by atomic mass is 16.8. The number of rotatable bonds is 2. The van der Waals surface area contributed by atoms with Crippen LogP contribution in [0, 0.1) is 0 Å². The van der Waals surface area contributed by atoms with Crippen molar-refractivity contribution in [1.82, 2.24) is 0 Å². The van der Waals surface area contributed by atoms with Crippen LogP contribution in [-0.4, -0.2) is 48.1 Å². The second-order valence-electron chi connectivity index (χ2n) is 8.90. The highest BCUT2D eigenvalue weighted by Crippen LogP contribution is 2.44. The van der Waals surface area contributed by atoms with Gasteiger partial charge in [-0.25, -0.2) is 0 Å². The zero-order valence-corrected chi connectivity index (χ0v) is 17.7. The van der Waals surface area contributed by atoms with Crippen LogP contribution >= 0.6 is 0 Å². The van der Waals surface area contributed by atoms with Crippen LogP contribution in [0.15, 0.2) is 35.9 Å². The Kier molecular flexibility index (Phi) is 5.32. The van der Waals surface area contributed by atoms with E-state index >= 15 is 0 Å². The predicted octanol–water partition coefficient (Wildman–Crippen LogP) is 3.84. The molecule has 1 aromatic carbocycles. The van der Waals surface area contributed by atoms with E-state index in [2.05, 4.69) is 6.08 Å². The van der Waals surface area contributed by atoms with Crippen molar-refractivity contribution < 1.29 is 28.5 Å². The van der Waals surface area contributed by atoms with Crippen LogP contribution in [0.2, 0.25) is 0 Å². The molecule has 5 atom stereocenters. The molecule has 29 heavy (non-hydrogen) atoms. The van der Waals surface area contributed by atoms with E-state index in [9.17, 15) is 4.79 Å². The Morgan fingerprint density at radius 3 is 2.28 bits per heavy atom. The first kappa shape index (κ1) is 20.5. The molecule has 0 bridgehead atoms. The Morgan fingerprint density at radius 2 is 1.59 bits per heavy atom. The fraction of sp³-hybridized carbons (Fsp3) is 0.609. The lowest BCUT2D eigenvalue weighted by Gasteiger charge is -2.34. The lowest BCUT2D eigenvalue weighted by molar-refractivity contribution is -0.176. The third-order valence-electron chi connectivity index (χ3n) is 5.53. The minimum Gasteiger partial charge on any atom is -0.455 e. The maximum absolute atomic E-state index is 12.0. The summed E-state index contributed by atoms with van der Waals surface area (Å²) in [5.41, 5.74) is 2.05. The van der Waals surface area contributed by atoms with Gasteiger partial charge < -0.3 is 23.7 Å². The predicted molar refractivity (Wildman–Crippen MR) is 107 cm³/mol. The molecule has 6 nitrogen and oxygen atoms in total. The van der Waals surface area contributed by atoms with Crippen molar-refractivity contribution in [2.24, 2.45) is 0 Å². The summed E-state index contributed by atoms with van der Waals surface area (Å²) in [7, 11) is 0. The number of carbonyl (C=O) groups excluding carboxylic acids is 1. The standard InChI is InChI=1S/C23H30O6/c1-14(24)25-18-16(13-15-9-7-6-8-10-15)11-12-17-19(27-22(2,3)26-17)21-20(18)28-23(4,5)29-21/h6-10,13,17-21H,11-12H2,1-5H3/b16-13-/t17-,18+,19-,20+,21+/m1/s1. The van der Waals surface area contributed by atoms with Crippen molar-refractivity contribution in [3.8, 4) is 0 Å². The highest BCUT2D eigenvalue weighted by molar-refractivity contribution is 5.67. The van der Waals surface area contributed by atoms with Gasteiger partial charge in [0.15, 0.2) is 17.7 Å². The number of esters is 1. The van der Waals surface area contributed by atoms with Crippen molar-refractivity contribution in [3.05, 3.63) is 41.5 Å². The normalized spacial score (nSPS) is 36.7. The molecule has 0 N–H and O–H groups in total. The molecule has 158 valence electrons. The van der Waals surface area contributed by atoms with Crippen LogP contribution in [0.5, 0.6) is 0 Å². The maximum Gasteiger partial charge on any atom is 0.303 e. The van der Waals surface area contributed by atoms with Gasteiger partial charge >= 0.3 is 5.97 Å². The first-order valence-corrected chi connectivity index (χ1v) is 10.3. The molecule has 0 spiro atoms. The van der Waals surface area contributed by atoms with Gasteiger partial charge in [-0.05, 0) is 51.7 Å². The lowest BCUT2D eigenvalue weighted by atomic mass is 9.86. The van der Waals surface area contributed by atoms with E-state index in [1.54, 1.807) is 0 Å². The van der Waals surface area contributed by atoms with Gasteiger partial charge in [0.1, 0.15) is 18.3 Å². The van der Waals surface area contributed by atoms with Crippen molar-refractivity contribution >= 4 is 12.0 Å². The van der Waals surface area contributed by atoms with Crippen LogP contribution < -0.4 is 0 Å². The van der Waals surface area contributed by atoms with E-state index in [1.807, 2.05) is 58.0 Å². The summed E-state index contributed by atoms with van der Waals surface area (Å²) in [5.74, 6) is -1.85. The van der Waals surface area contributed by atoms with Crippen molar-refractivity contribution in [2.75, 3.05) is 0 Å². The molecular formula is C23H30O6. The third kappa shape index (κ3) is 4.40. The van der Waals surface area contributed by atoms with E-state index in [1.165, 1.54) is 6.92 Å². The Labute approximate surface area is 172 Å². The summed E-state index contributed by atoms with van der Waals surface area (Å²) >= 11 is 0. The number of ether oxygens (including phenoxy) is 5. The van der Waals surface area contributed by atoms with E-state index < -0.39 is 29.9 Å². The van der Waals surface area contributed by atoms with E-state index in [4.69, 9.17) is 23.7 Å². The summed E-state index contributed by atoms with van der Waals surface area (Å²) in [4.78, 5) is 12.0. The van der Waals surface area contributed by atoms with Gasteiger partial charge in [0, 0.05) is 6.92 Å². The van der Waals surface area contributed by atoms with Crippen LogP contribution in [0.4, 0.5) is 0 Å². The highest BCUT2D eigenvalue weighted by Gasteiger charge is 2.57. The topological polar surface area (TPSA) is 63.2 Å². The molecule has 1 aliphatic carbocycles. The van der Waals surface area contributed by atoms with Crippen molar-refractivity contribution in [3.63, 3.8) is 0 Å². The van der Waals surface area contributed by atoms with Gasteiger partial charge in [-0.3, -0.25) is 4.79 Å². The zero-order valence-electron chi connectivity index (χ0n) is 17.7. The molecule has 3 fully saturated rings. The minimum atomic E-state index is -0.809. The van der Waals surface area contributed by atoms with Gasteiger partial charge in [0.05, 0.1) is 6.10 Å². The van der Waals surface area contributed by atoms with E-state index in [-0.39, 0.29) is 18.2 Å². The molecule has 6 heteroatoms. The monoisotopic (exact) mass is 402 g/mol. The molecule has 0 amide bonds. The second kappa shape index (κ2) is 7.51. The summed E-state index contributed by atoms with van der Waals surface area (Å²) in [6, 6.07) is 10.0. The Balaban J connectivity index is 1.76. The molecule has 0 aromatic heterocycles. The van der Waals surface area contributed by atoms with E-state index in [0.29, 0.717) is 6.42 Å². The van der Waals surface area contributed by atoms with Crippen LogP contribution in [0.25, 0.3) is 6.08 Å². The quantitative estimate of drug-likeness (QED) is 0.701. The number of fused-ring (bicyclic) bond motifs is 3. The van der Waals surface area contributed by atoms with Crippen LogP contribution in [0.1, 0.15) is 53.0 Å². The summed E-state index contributed by atoms with van der Waals surface area (Å²) in [6.45, 7) is 9.00. The average Bonchev–Trinajstić information content (AvgIpc) is 3.11. The van der Waals surface area contributed by atoms with Crippen molar-refractivity contribution in [1.29, 1.82) is 0 Å². The lowest BCUT2D eigenvalue weighted by Crippen LogP contribution is -2.50.